The van der Waals surface area contributed by atoms with Crippen LogP contribution in [0.2, 0.25) is 0 Å². The summed E-state index contributed by atoms with van der Waals surface area (Å²) in [5.74, 6) is 0.260. The van der Waals surface area contributed by atoms with Gasteiger partial charge in [0.2, 0.25) is 5.91 Å². The number of esters is 1. The number of amides is 1. The predicted molar refractivity (Wildman–Crippen MR) is 123 cm³/mol. The number of phenolic OH excluding ortho intramolecular Hbond substituents is 1. The number of nitrogens with zero attached hydrogens (tertiary/aromatic N) is 1. The maximum atomic E-state index is 12.5. The van der Waals surface area contributed by atoms with Gasteiger partial charge < -0.3 is 15.2 Å². The van der Waals surface area contributed by atoms with E-state index in [0.29, 0.717) is 18.6 Å². The smallest absolute Gasteiger partial charge is 0.311 e. The molecule has 0 aromatic heterocycles. The zero-order valence-electron chi connectivity index (χ0n) is 19.0. The lowest BCUT2D eigenvalue weighted by Crippen LogP contribution is -2.30. The largest absolute Gasteiger partial charge is 0.508 e. The Hall–Kier alpha value is -3.33. The Morgan fingerprint density at radius 3 is 2.56 bits per heavy atom. The molecule has 6 heteroatoms. The molecule has 0 saturated heterocycles. The summed E-state index contributed by atoms with van der Waals surface area (Å²) in [4.78, 5) is 24.9. The number of carbonyl (C=O) groups is 2. The fraction of sp³-hybridized carbons (Fsp3) is 0.423. The summed E-state index contributed by atoms with van der Waals surface area (Å²) in [6.07, 6.45) is 2.34. The molecule has 0 spiro atoms. The lowest BCUT2D eigenvalue weighted by Gasteiger charge is -2.19. The lowest BCUT2D eigenvalue weighted by molar-refractivity contribution is -0.134. The Balaban J connectivity index is 1.95. The van der Waals surface area contributed by atoms with Gasteiger partial charge in [0.15, 0.2) is 0 Å². The van der Waals surface area contributed by atoms with Crippen molar-refractivity contribution >= 4 is 11.9 Å². The van der Waals surface area contributed by atoms with Crippen LogP contribution in [0.25, 0.3) is 0 Å². The molecule has 0 fully saturated rings. The van der Waals surface area contributed by atoms with Crippen LogP contribution in [-0.2, 0) is 16.0 Å². The Labute approximate surface area is 190 Å². The number of hydrogen-bond donors (Lipinski definition) is 2. The van der Waals surface area contributed by atoms with E-state index in [1.54, 1.807) is 30.3 Å². The van der Waals surface area contributed by atoms with Gasteiger partial charge in [0.25, 0.3) is 0 Å². The number of carbonyl (C=O) groups excluding carboxylic acids is 2. The van der Waals surface area contributed by atoms with Crippen molar-refractivity contribution in [1.82, 2.24) is 5.32 Å². The van der Waals surface area contributed by atoms with Gasteiger partial charge in [-0.05, 0) is 66.5 Å². The van der Waals surface area contributed by atoms with E-state index in [0.717, 1.165) is 17.5 Å². The molecule has 0 heterocycles. The van der Waals surface area contributed by atoms with Crippen LogP contribution in [0, 0.1) is 23.2 Å². The van der Waals surface area contributed by atoms with E-state index in [2.05, 4.69) is 12.2 Å². The van der Waals surface area contributed by atoms with Crippen molar-refractivity contribution < 1.29 is 19.4 Å². The topological polar surface area (TPSA) is 99.4 Å². The van der Waals surface area contributed by atoms with Crippen molar-refractivity contribution in [2.75, 3.05) is 6.54 Å². The van der Waals surface area contributed by atoms with Crippen LogP contribution >= 0.6 is 0 Å². The Morgan fingerprint density at radius 1 is 1.12 bits per heavy atom. The van der Waals surface area contributed by atoms with Crippen LogP contribution in [-0.4, -0.2) is 23.5 Å². The number of benzene rings is 2. The van der Waals surface area contributed by atoms with Crippen molar-refractivity contribution in [2.45, 2.75) is 52.4 Å². The van der Waals surface area contributed by atoms with Crippen molar-refractivity contribution in [3.05, 3.63) is 59.7 Å². The number of nitriles is 1. The lowest BCUT2D eigenvalue weighted by atomic mass is 9.89. The molecule has 0 saturated carbocycles. The number of phenols is 1. The minimum absolute atomic E-state index is 0.0388. The first-order valence-corrected chi connectivity index (χ1v) is 11.0. The average Bonchev–Trinajstić information content (AvgIpc) is 2.74. The molecule has 0 bridgehead atoms. The summed E-state index contributed by atoms with van der Waals surface area (Å²) in [6, 6.07) is 16.1. The minimum Gasteiger partial charge on any atom is -0.508 e. The van der Waals surface area contributed by atoms with Gasteiger partial charge in [-0.25, -0.2) is 0 Å². The molecule has 0 aliphatic heterocycles. The summed E-state index contributed by atoms with van der Waals surface area (Å²) >= 11 is 0. The maximum absolute atomic E-state index is 12.5. The molecule has 170 valence electrons. The molecule has 2 aromatic rings. The van der Waals surface area contributed by atoms with Crippen molar-refractivity contribution in [3.8, 4) is 17.6 Å². The normalized spacial score (nSPS) is 12.6. The fourth-order valence-corrected chi connectivity index (χ4v) is 3.65. The van der Waals surface area contributed by atoms with Crippen LogP contribution in [0.15, 0.2) is 48.5 Å². The highest BCUT2D eigenvalue weighted by Crippen LogP contribution is 2.27. The first kappa shape index (κ1) is 24.9. The molecule has 2 aromatic carbocycles. The number of aromatic hydroxyl groups is 1. The van der Waals surface area contributed by atoms with Crippen LogP contribution < -0.4 is 10.1 Å². The second-order valence-electron chi connectivity index (χ2n) is 8.62. The number of ether oxygens (including phenoxy) is 1. The SMILES string of the molecule is CC(C)CC(C(=O)NCC#N)c1cccc(OC(=O)CCC(C)Cc2cccc(O)c2)c1. The molecule has 1 amide bonds. The van der Waals surface area contributed by atoms with Gasteiger partial charge in [-0.15, -0.1) is 0 Å². The zero-order valence-corrected chi connectivity index (χ0v) is 19.0. The van der Waals surface area contributed by atoms with Crippen LogP contribution in [0.4, 0.5) is 0 Å². The third kappa shape index (κ3) is 8.43. The molecule has 2 atom stereocenters. The molecular weight excluding hydrogens is 404 g/mol. The molecule has 2 unspecified atom stereocenters. The Bertz CT molecular complexity index is 949. The molecule has 6 nitrogen and oxygen atoms in total. The van der Waals surface area contributed by atoms with Crippen molar-refractivity contribution in [3.63, 3.8) is 0 Å². The van der Waals surface area contributed by atoms with E-state index < -0.39 is 5.92 Å². The summed E-state index contributed by atoms with van der Waals surface area (Å²) in [5.41, 5.74) is 1.79. The molecule has 0 aliphatic rings. The van der Waals surface area contributed by atoms with Crippen LogP contribution in [0.1, 0.15) is 57.1 Å². The number of nitrogens with one attached hydrogen (secondary N) is 1. The summed E-state index contributed by atoms with van der Waals surface area (Å²) in [7, 11) is 0. The van der Waals surface area contributed by atoms with Gasteiger partial charge >= 0.3 is 5.97 Å². The molecule has 0 aliphatic carbocycles. The third-order valence-corrected chi connectivity index (χ3v) is 5.19. The number of rotatable bonds is 11. The summed E-state index contributed by atoms with van der Waals surface area (Å²) in [6.45, 7) is 6.09. The van der Waals surface area contributed by atoms with Gasteiger partial charge in [0, 0.05) is 6.42 Å². The van der Waals surface area contributed by atoms with E-state index in [1.807, 2.05) is 38.1 Å². The van der Waals surface area contributed by atoms with Crippen LogP contribution in [0.3, 0.4) is 0 Å². The highest BCUT2D eigenvalue weighted by atomic mass is 16.5. The molecule has 0 radical (unpaired) electrons. The van der Waals surface area contributed by atoms with Gasteiger partial charge in [0.1, 0.15) is 18.0 Å². The molecular formula is C26H32N2O4. The minimum atomic E-state index is -0.413. The highest BCUT2D eigenvalue weighted by molar-refractivity contribution is 5.84. The zero-order chi connectivity index (χ0) is 23.5. The first-order valence-electron chi connectivity index (χ1n) is 11.0. The standard InChI is InChI=1S/C26H32N2O4/c1-18(2)14-24(26(31)28-13-12-27)21-7-5-9-23(17-21)32-25(30)11-10-19(3)15-20-6-4-8-22(29)16-20/h4-9,16-19,24,29H,10-11,13-15H2,1-3H3,(H,28,31). The molecule has 2 N–H and O–H groups in total. The van der Waals surface area contributed by atoms with Crippen molar-refractivity contribution in [1.29, 1.82) is 5.26 Å². The third-order valence-electron chi connectivity index (χ3n) is 5.19. The average molecular weight is 437 g/mol. The monoisotopic (exact) mass is 436 g/mol. The van der Waals surface area contributed by atoms with Gasteiger partial charge in [-0.3, -0.25) is 9.59 Å². The van der Waals surface area contributed by atoms with Crippen molar-refractivity contribution in [2.24, 2.45) is 11.8 Å². The number of hydrogen-bond acceptors (Lipinski definition) is 5. The molecule has 2 rings (SSSR count). The van der Waals surface area contributed by atoms with Crippen LogP contribution in [0.5, 0.6) is 11.5 Å². The second kappa shape index (κ2) is 12.5. The van der Waals surface area contributed by atoms with Gasteiger partial charge in [0.05, 0.1) is 12.0 Å². The van der Waals surface area contributed by atoms with E-state index in [-0.39, 0.29) is 42.4 Å². The Morgan fingerprint density at radius 2 is 1.88 bits per heavy atom. The summed E-state index contributed by atoms with van der Waals surface area (Å²) in [5, 5.41) is 21.0. The van der Waals surface area contributed by atoms with E-state index in [1.165, 1.54) is 0 Å². The van der Waals surface area contributed by atoms with Gasteiger partial charge in [-0.2, -0.15) is 5.26 Å². The van der Waals surface area contributed by atoms with E-state index in [9.17, 15) is 14.7 Å². The highest BCUT2D eigenvalue weighted by Gasteiger charge is 2.22. The predicted octanol–water partition coefficient (Wildman–Crippen LogP) is 4.73. The van der Waals surface area contributed by atoms with Gasteiger partial charge in [-0.1, -0.05) is 45.0 Å². The van der Waals surface area contributed by atoms with E-state index in [4.69, 9.17) is 10.00 Å². The maximum Gasteiger partial charge on any atom is 0.311 e. The van der Waals surface area contributed by atoms with E-state index >= 15 is 0 Å². The quantitative estimate of drug-likeness (QED) is 0.301. The second-order valence-corrected chi connectivity index (χ2v) is 8.62. The molecule has 32 heavy (non-hydrogen) atoms. The summed E-state index contributed by atoms with van der Waals surface area (Å²) < 4.78 is 5.53. The first-order chi connectivity index (χ1) is 15.3. The Kier molecular flexibility index (Phi) is 9.75. The fourth-order valence-electron chi connectivity index (χ4n) is 3.65.